The Balaban J connectivity index is 1.72. The van der Waals surface area contributed by atoms with Crippen molar-refractivity contribution in [3.8, 4) is 5.75 Å². The predicted molar refractivity (Wildman–Crippen MR) is 127 cm³/mol. The second kappa shape index (κ2) is 10.8. The smallest absolute Gasteiger partial charge is 0.265 e. The molecule has 1 aliphatic rings. The SMILES string of the molecule is CCN(CC)S(=O)(=O)c1ccc2c(c1)N(CC(=O)NC(C)CCc1ccccc1)C(=O)CO2. The van der Waals surface area contributed by atoms with Crippen LogP contribution in [-0.2, 0) is 26.0 Å². The lowest BCUT2D eigenvalue weighted by atomic mass is 10.1. The summed E-state index contributed by atoms with van der Waals surface area (Å²) in [5.41, 5.74) is 1.48. The Kier molecular flexibility index (Phi) is 8.10. The monoisotopic (exact) mass is 473 g/mol. The van der Waals surface area contributed by atoms with Crippen LogP contribution in [0.5, 0.6) is 5.75 Å². The maximum atomic E-state index is 12.9. The quantitative estimate of drug-likeness (QED) is 0.572. The minimum atomic E-state index is -3.72. The van der Waals surface area contributed by atoms with Crippen molar-refractivity contribution < 1.29 is 22.7 Å². The summed E-state index contributed by atoms with van der Waals surface area (Å²) in [6.07, 6.45) is 1.59. The number of sulfonamides is 1. The predicted octanol–water partition coefficient (Wildman–Crippen LogP) is 2.58. The molecule has 33 heavy (non-hydrogen) atoms. The van der Waals surface area contributed by atoms with Gasteiger partial charge in [0, 0.05) is 19.1 Å². The number of anilines is 1. The van der Waals surface area contributed by atoms with E-state index in [4.69, 9.17) is 4.74 Å². The summed E-state index contributed by atoms with van der Waals surface area (Å²) in [5.74, 6) is -0.334. The van der Waals surface area contributed by atoms with Crippen LogP contribution in [0.25, 0.3) is 0 Å². The fraction of sp³-hybridized carbons (Fsp3) is 0.417. The van der Waals surface area contributed by atoms with E-state index in [1.807, 2.05) is 37.3 Å². The molecule has 3 rings (SSSR count). The van der Waals surface area contributed by atoms with Gasteiger partial charge in [-0.1, -0.05) is 44.2 Å². The molecule has 2 amide bonds. The standard InChI is InChI=1S/C24H31N3O5S/c1-4-26(5-2)33(30,31)20-13-14-22-21(15-20)27(24(29)17-32-22)16-23(28)25-18(3)11-12-19-9-7-6-8-10-19/h6-10,13-15,18H,4-5,11-12,16-17H2,1-3H3,(H,25,28). The summed E-state index contributed by atoms with van der Waals surface area (Å²) in [5, 5.41) is 2.93. The molecule has 178 valence electrons. The minimum Gasteiger partial charge on any atom is -0.482 e. The van der Waals surface area contributed by atoms with Crippen molar-refractivity contribution in [3.63, 3.8) is 0 Å². The second-order valence-corrected chi connectivity index (χ2v) is 9.92. The van der Waals surface area contributed by atoms with Gasteiger partial charge >= 0.3 is 0 Å². The normalized spacial score (nSPS) is 14.5. The van der Waals surface area contributed by atoms with Crippen LogP contribution in [0.15, 0.2) is 53.4 Å². The lowest BCUT2D eigenvalue weighted by Crippen LogP contribution is -2.47. The van der Waals surface area contributed by atoms with Gasteiger partial charge in [0.2, 0.25) is 15.9 Å². The average molecular weight is 474 g/mol. The number of carbonyl (C=O) groups is 2. The van der Waals surface area contributed by atoms with E-state index in [2.05, 4.69) is 5.32 Å². The summed E-state index contributed by atoms with van der Waals surface area (Å²) >= 11 is 0. The van der Waals surface area contributed by atoms with Crippen molar-refractivity contribution in [1.29, 1.82) is 0 Å². The molecular weight excluding hydrogens is 442 g/mol. The molecule has 0 radical (unpaired) electrons. The number of carbonyl (C=O) groups excluding carboxylic acids is 2. The van der Waals surface area contributed by atoms with Gasteiger partial charge in [0.1, 0.15) is 12.3 Å². The molecule has 0 spiro atoms. The molecule has 1 heterocycles. The Bertz CT molecular complexity index is 1080. The van der Waals surface area contributed by atoms with Crippen molar-refractivity contribution in [1.82, 2.24) is 9.62 Å². The molecule has 1 unspecified atom stereocenters. The highest BCUT2D eigenvalue weighted by atomic mass is 32.2. The van der Waals surface area contributed by atoms with Gasteiger partial charge < -0.3 is 10.1 Å². The number of aryl methyl sites for hydroxylation is 1. The van der Waals surface area contributed by atoms with Crippen molar-refractivity contribution in [2.45, 2.75) is 44.6 Å². The number of nitrogens with one attached hydrogen (secondary N) is 1. The number of hydrogen-bond acceptors (Lipinski definition) is 5. The Labute approximate surface area is 195 Å². The van der Waals surface area contributed by atoms with E-state index in [0.717, 1.165) is 12.8 Å². The van der Waals surface area contributed by atoms with Gasteiger partial charge in [-0.3, -0.25) is 14.5 Å². The Hall–Kier alpha value is -2.91. The first-order valence-corrected chi connectivity index (χ1v) is 12.6. The topological polar surface area (TPSA) is 96.0 Å². The lowest BCUT2D eigenvalue weighted by molar-refractivity contribution is -0.125. The van der Waals surface area contributed by atoms with Gasteiger partial charge in [0.05, 0.1) is 10.6 Å². The molecule has 2 aromatic rings. The van der Waals surface area contributed by atoms with Crippen LogP contribution >= 0.6 is 0 Å². The highest BCUT2D eigenvalue weighted by Crippen LogP contribution is 2.34. The number of benzene rings is 2. The van der Waals surface area contributed by atoms with Crippen molar-refractivity contribution in [2.24, 2.45) is 0 Å². The Morgan fingerprint density at radius 1 is 1.15 bits per heavy atom. The van der Waals surface area contributed by atoms with Gasteiger partial charge in [0.25, 0.3) is 5.91 Å². The number of hydrogen-bond donors (Lipinski definition) is 1. The third kappa shape index (κ3) is 5.91. The van der Waals surface area contributed by atoms with Gasteiger partial charge in [0.15, 0.2) is 6.61 Å². The molecule has 1 atom stereocenters. The molecule has 0 fully saturated rings. The zero-order chi connectivity index (χ0) is 24.0. The van der Waals surface area contributed by atoms with Gasteiger partial charge in [-0.2, -0.15) is 4.31 Å². The molecule has 1 N–H and O–H groups in total. The van der Waals surface area contributed by atoms with Crippen molar-refractivity contribution in [2.75, 3.05) is 31.1 Å². The summed E-state index contributed by atoms with van der Waals surface area (Å²) in [6.45, 7) is 5.70. The van der Waals surface area contributed by atoms with E-state index in [9.17, 15) is 18.0 Å². The summed E-state index contributed by atoms with van der Waals surface area (Å²) in [4.78, 5) is 26.6. The van der Waals surface area contributed by atoms with Gasteiger partial charge in [-0.15, -0.1) is 0 Å². The molecule has 1 aliphatic heterocycles. The molecule has 0 saturated carbocycles. The second-order valence-electron chi connectivity index (χ2n) is 7.98. The lowest BCUT2D eigenvalue weighted by Gasteiger charge is -2.30. The summed E-state index contributed by atoms with van der Waals surface area (Å²) in [6, 6.07) is 14.3. The number of rotatable bonds is 10. The van der Waals surface area contributed by atoms with Crippen molar-refractivity contribution >= 4 is 27.5 Å². The van der Waals surface area contributed by atoms with Crippen LogP contribution in [-0.4, -0.2) is 56.8 Å². The summed E-state index contributed by atoms with van der Waals surface area (Å²) < 4.78 is 32.7. The first kappa shape index (κ1) is 24.7. The fourth-order valence-electron chi connectivity index (χ4n) is 3.79. The minimum absolute atomic E-state index is 0.0601. The van der Waals surface area contributed by atoms with E-state index >= 15 is 0 Å². The van der Waals surface area contributed by atoms with E-state index in [-0.39, 0.29) is 35.7 Å². The number of amides is 2. The Morgan fingerprint density at radius 3 is 2.52 bits per heavy atom. The molecular formula is C24H31N3O5S. The van der Waals surface area contributed by atoms with Gasteiger partial charge in [-0.25, -0.2) is 8.42 Å². The molecule has 0 saturated heterocycles. The van der Waals surface area contributed by atoms with Crippen LogP contribution in [0, 0.1) is 0 Å². The zero-order valence-corrected chi connectivity index (χ0v) is 20.1. The van der Waals surface area contributed by atoms with E-state index in [1.54, 1.807) is 13.8 Å². The summed E-state index contributed by atoms with van der Waals surface area (Å²) in [7, 11) is -3.72. The first-order valence-electron chi connectivity index (χ1n) is 11.2. The molecule has 0 aromatic heterocycles. The van der Waals surface area contributed by atoms with E-state index in [1.165, 1.54) is 33.0 Å². The average Bonchev–Trinajstić information content (AvgIpc) is 2.80. The maximum Gasteiger partial charge on any atom is 0.265 e. The van der Waals surface area contributed by atoms with Crippen LogP contribution in [0.3, 0.4) is 0 Å². The van der Waals surface area contributed by atoms with Crippen LogP contribution in [0.2, 0.25) is 0 Å². The largest absolute Gasteiger partial charge is 0.482 e. The van der Waals surface area contributed by atoms with Crippen LogP contribution in [0.1, 0.15) is 32.8 Å². The fourth-order valence-corrected chi connectivity index (χ4v) is 5.27. The molecule has 9 heteroatoms. The number of ether oxygens (including phenoxy) is 1. The zero-order valence-electron chi connectivity index (χ0n) is 19.3. The van der Waals surface area contributed by atoms with Crippen molar-refractivity contribution in [3.05, 3.63) is 54.1 Å². The maximum absolute atomic E-state index is 12.9. The number of nitrogens with zero attached hydrogens (tertiary/aromatic N) is 2. The molecule has 0 aliphatic carbocycles. The molecule has 2 aromatic carbocycles. The van der Waals surface area contributed by atoms with Crippen LogP contribution < -0.4 is 15.0 Å². The van der Waals surface area contributed by atoms with Gasteiger partial charge in [-0.05, 0) is 43.5 Å². The molecule has 8 nitrogen and oxygen atoms in total. The third-order valence-electron chi connectivity index (χ3n) is 5.63. The van der Waals surface area contributed by atoms with E-state index in [0.29, 0.717) is 18.8 Å². The highest BCUT2D eigenvalue weighted by molar-refractivity contribution is 7.89. The number of fused-ring (bicyclic) bond motifs is 1. The highest BCUT2D eigenvalue weighted by Gasteiger charge is 2.30. The Morgan fingerprint density at radius 2 is 1.85 bits per heavy atom. The first-order chi connectivity index (χ1) is 15.8. The third-order valence-corrected chi connectivity index (χ3v) is 7.68. The van der Waals surface area contributed by atoms with E-state index < -0.39 is 15.9 Å². The molecule has 0 bridgehead atoms. The van der Waals surface area contributed by atoms with Crippen LogP contribution in [0.4, 0.5) is 5.69 Å².